The minimum Gasteiger partial charge on any atom is -0.337 e. The van der Waals surface area contributed by atoms with E-state index >= 15 is 0 Å². The SMILES string of the molecule is CCCN(CCC)C(=O)/C(=C/c1cccc([N+](=O)[O-])c1)NC(C)=O. The van der Waals surface area contributed by atoms with E-state index in [9.17, 15) is 19.7 Å². The lowest BCUT2D eigenvalue weighted by Gasteiger charge is -2.23. The van der Waals surface area contributed by atoms with Gasteiger partial charge in [0.1, 0.15) is 5.70 Å². The zero-order valence-electron chi connectivity index (χ0n) is 14.2. The third-order valence-electron chi connectivity index (χ3n) is 3.21. The zero-order valence-corrected chi connectivity index (χ0v) is 14.2. The molecular formula is C17H23N3O4. The molecule has 0 saturated carbocycles. The Morgan fingerprint density at radius 1 is 1.25 bits per heavy atom. The number of benzene rings is 1. The van der Waals surface area contributed by atoms with E-state index in [0.717, 1.165) is 12.8 Å². The van der Waals surface area contributed by atoms with E-state index in [1.165, 1.54) is 31.2 Å². The van der Waals surface area contributed by atoms with Crippen molar-refractivity contribution in [2.45, 2.75) is 33.6 Å². The number of amides is 2. The van der Waals surface area contributed by atoms with Gasteiger partial charge in [0.05, 0.1) is 4.92 Å². The highest BCUT2D eigenvalue weighted by Crippen LogP contribution is 2.16. The van der Waals surface area contributed by atoms with Crippen LogP contribution in [0.4, 0.5) is 5.69 Å². The second-order valence-corrected chi connectivity index (χ2v) is 5.38. The molecule has 1 aromatic carbocycles. The van der Waals surface area contributed by atoms with Crippen LogP contribution in [0.1, 0.15) is 39.2 Å². The Labute approximate surface area is 141 Å². The Hall–Kier alpha value is -2.70. The molecule has 0 spiro atoms. The quantitative estimate of drug-likeness (QED) is 0.450. The minimum atomic E-state index is -0.502. The van der Waals surface area contributed by atoms with Crippen LogP contribution in [-0.4, -0.2) is 34.7 Å². The van der Waals surface area contributed by atoms with Crippen molar-refractivity contribution in [3.8, 4) is 0 Å². The van der Waals surface area contributed by atoms with E-state index in [0.29, 0.717) is 18.7 Å². The first-order valence-corrected chi connectivity index (χ1v) is 7.92. The Balaban J connectivity index is 3.19. The Morgan fingerprint density at radius 3 is 2.38 bits per heavy atom. The van der Waals surface area contributed by atoms with Gasteiger partial charge in [-0.2, -0.15) is 0 Å². The predicted octanol–water partition coefficient (Wildman–Crippen LogP) is 2.72. The van der Waals surface area contributed by atoms with Crippen molar-refractivity contribution in [1.82, 2.24) is 10.2 Å². The van der Waals surface area contributed by atoms with Gasteiger partial charge >= 0.3 is 0 Å². The summed E-state index contributed by atoms with van der Waals surface area (Å²) in [7, 11) is 0. The largest absolute Gasteiger partial charge is 0.337 e. The lowest BCUT2D eigenvalue weighted by molar-refractivity contribution is -0.384. The molecule has 1 aromatic rings. The molecule has 0 aliphatic carbocycles. The molecule has 0 bridgehead atoms. The number of nitro groups is 1. The first-order chi connectivity index (χ1) is 11.4. The molecule has 7 heteroatoms. The first-order valence-electron chi connectivity index (χ1n) is 7.92. The minimum absolute atomic E-state index is 0.0719. The molecule has 0 fully saturated rings. The van der Waals surface area contributed by atoms with Gasteiger partial charge in [0.2, 0.25) is 5.91 Å². The van der Waals surface area contributed by atoms with Gasteiger partial charge < -0.3 is 10.2 Å². The molecule has 0 saturated heterocycles. The maximum atomic E-state index is 12.7. The van der Waals surface area contributed by atoms with Crippen LogP contribution in [0.5, 0.6) is 0 Å². The van der Waals surface area contributed by atoms with Crippen LogP contribution >= 0.6 is 0 Å². The summed E-state index contributed by atoms with van der Waals surface area (Å²) >= 11 is 0. The van der Waals surface area contributed by atoms with Crippen molar-refractivity contribution >= 4 is 23.6 Å². The first kappa shape index (κ1) is 19.3. The molecule has 0 radical (unpaired) electrons. The van der Waals surface area contributed by atoms with E-state index in [-0.39, 0.29) is 23.2 Å². The van der Waals surface area contributed by atoms with Crippen molar-refractivity contribution < 1.29 is 14.5 Å². The lowest BCUT2D eigenvalue weighted by atomic mass is 10.1. The number of carbonyl (C=O) groups excluding carboxylic acids is 2. The summed E-state index contributed by atoms with van der Waals surface area (Å²) in [6.07, 6.45) is 3.07. The molecule has 0 aromatic heterocycles. The highest BCUT2D eigenvalue weighted by Gasteiger charge is 2.18. The summed E-state index contributed by atoms with van der Waals surface area (Å²) in [4.78, 5) is 36.2. The van der Waals surface area contributed by atoms with Crippen LogP contribution in [-0.2, 0) is 9.59 Å². The standard InChI is InChI=1S/C17H23N3O4/c1-4-9-19(10-5-2)17(22)16(18-13(3)21)12-14-7-6-8-15(11-14)20(23)24/h6-8,11-12H,4-5,9-10H2,1-3H3,(H,18,21)/b16-12-. The van der Waals surface area contributed by atoms with E-state index in [2.05, 4.69) is 5.32 Å². The van der Waals surface area contributed by atoms with Crippen LogP contribution in [0, 0.1) is 10.1 Å². The third-order valence-corrected chi connectivity index (χ3v) is 3.21. The van der Waals surface area contributed by atoms with Gasteiger partial charge in [-0.15, -0.1) is 0 Å². The van der Waals surface area contributed by atoms with Gasteiger partial charge in [-0.05, 0) is 24.5 Å². The van der Waals surface area contributed by atoms with Gasteiger partial charge in [0, 0.05) is 32.1 Å². The molecule has 0 aliphatic rings. The summed E-state index contributed by atoms with van der Waals surface area (Å²) < 4.78 is 0. The van der Waals surface area contributed by atoms with Gasteiger partial charge in [-0.3, -0.25) is 19.7 Å². The molecule has 2 amide bonds. The Kier molecular flexibility index (Phi) is 7.61. The third kappa shape index (κ3) is 5.83. The summed E-state index contributed by atoms with van der Waals surface area (Å²) in [5.74, 6) is -0.659. The van der Waals surface area contributed by atoms with Gasteiger partial charge in [-0.25, -0.2) is 0 Å². The van der Waals surface area contributed by atoms with Crippen LogP contribution in [0.25, 0.3) is 6.08 Å². The lowest BCUT2D eigenvalue weighted by Crippen LogP contribution is -2.38. The van der Waals surface area contributed by atoms with Gasteiger partial charge in [0.15, 0.2) is 0 Å². The predicted molar refractivity (Wildman–Crippen MR) is 92.1 cm³/mol. The average Bonchev–Trinajstić information content (AvgIpc) is 2.53. The number of nitro benzene ring substituents is 1. The molecule has 0 heterocycles. The smallest absolute Gasteiger partial charge is 0.270 e. The number of carbonyl (C=O) groups is 2. The fourth-order valence-corrected chi connectivity index (χ4v) is 2.26. The molecule has 0 atom stereocenters. The van der Waals surface area contributed by atoms with Crippen LogP contribution < -0.4 is 5.32 Å². The summed E-state index contributed by atoms with van der Waals surface area (Å²) in [5, 5.41) is 13.4. The molecule has 24 heavy (non-hydrogen) atoms. The van der Waals surface area contributed by atoms with E-state index in [1.54, 1.807) is 11.0 Å². The summed E-state index contributed by atoms with van der Waals surface area (Å²) in [6, 6.07) is 5.92. The topological polar surface area (TPSA) is 92.6 Å². The maximum Gasteiger partial charge on any atom is 0.270 e. The van der Waals surface area contributed by atoms with Crippen LogP contribution in [0.2, 0.25) is 0 Å². The molecule has 1 rings (SSSR count). The van der Waals surface area contributed by atoms with Gasteiger partial charge in [-0.1, -0.05) is 26.0 Å². The number of rotatable bonds is 8. The summed E-state index contributed by atoms with van der Waals surface area (Å²) in [6.45, 7) is 6.42. The molecule has 0 unspecified atom stereocenters. The maximum absolute atomic E-state index is 12.7. The molecule has 0 aliphatic heterocycles. The van der Waals surface area contributed by atoms with E-state index < -0.39 is 4.92 Å². The van der Waals surface area contributed by atoms with Crippen molar-refractivity contribution in [1.29, 1.82) is 0 Å². The van der Waals surface area contributed by atoms with Crippen molar-refractivity contribution in [2.75, 3.05) is 13.1 Å². The van der Waals surface area contributed by atoms with E-state index in [1.807, 2.05) is 13.8 Å². The van der Waals surface area contributed by atoms with Gasteiger partial charge in [0.25, 0.3) is 11.6 Å². The zero-order chi connectivity index (χ0) is 18.1. The number of non-ortho nitro benzene ring substituents is 1. The average molecular weight is 333 g/mol. The molecule has 1 N–H and O–H groups in total. The summed E-state index contributed by atoms with van der Waals surface area (Å²) in [5.41, 5.74) is 0.525. The van der Waals surface area contributed by atoms with Crippen LogP contribution in [0.15, 0.2) is 30.0 Å². The highest BCUT2D eigenvalue weighted by molar-refractivity contribution is 6.01. The van der Waals surface area contributed by atoms with Crippen molar-refractivity contribution in [3.05, 3.63) is 45.6 Å². The number of hydrogen-bond acceptors (Lipinski definition) is 4. The van der Waals surface area contributed by atoms with Crippen molar-refractivity contribution in [2.24, 2.45) is 0 Å². The monoisotopic (exact) mass is 333 g/mol. The normalized spacial score (nSPS) is 11.0. The molecule has 7 nitrogen and oxygen atoms in total. The second-order valence-electron chi connectivity index (χ2n) is 5.38. The number of nitrogens with one attached hydrogen (secondary N) is 1. The van der Waals surface area contributed by atoms with Crippen LogP contribution in [0.3, 0.4) is 0 Å². The number of hydrogen-bond donors (Lipinski definition) is 1. The Morgan fingerprint density at radius 2 is 1.88 bits per heavy atom. The fourth-order valence-electron chi connectivity index (χ4n) is 2.26. The second kappa shape index (κ2) is 9.44. The molecular weight excluding hydrogens is 310 g/mol. The van der Waals surface area contributed by atoms with Crippen molar-refractivity contribution in [3.63, 3.8) is 0 Å². The molecule has 130 valence electrons. The highest BCUT2D eigenvalue weighted by atomic mass is 16.6. The fraction of sp³-hybridized carbons (Fsp3) is 0.412. The number of nitrogens with zero attached hydrogens (tertiary/aromatic N) is 2. The Bertz CT molecular complexity index is 634. The van der Waals surface area contributed by atoms with E-state index in [4.69, 9.17) is 0 Å².